The SMILES string of the molecule is O=C(NC[C@H](NS(=O)(=O)c1cccs1)C(=O)O)c1ccc(N2CCCCC2Nc2ncccn2)cc1. The Balaban J connectivity index is 1.38. The molecule has 1 fully saturated rings. The van der Waals surface area contributed by atoms with Crippen molar-refractivity contribution >= 4 is 44.9 Å². The van der Waals surface area contributed by atoms with Crippen LogP contribution in [0.4, 0.5) is 11.6 Å². The second-order valence-corrected chi connectivity index (χ2v) is 11.0. The van der Waals surface area contributed by atoms with Gasteiger partial charge in [-0.15, -0.1) is 11.3 Å². The third-order valence-corrected chi connectivity index (χ3v) is 8.52. The first-order valence-corrected chi connectivity index (χ1v) is 13.7. The Kier molecular flexibility index (Phi) is 8.13. The van der Waals surface area contributed by atoms with Crippen LogP contribution in [0.3, 0.4) is 0 Å². The molecule has 190 valence electrons. The maximum atomic E-state index is 12.6. The van der Waals surface area contributed by atoms with Crippen molar-refractivity contribution in [2.75, 3.05) is 23.3 Å². The zero-order chi connectivity index (χ0) is 25.5. The average molecular weight is 531 g/mol. The molecule has 4 N–H and O–H groups in total. The van der Waals surface area contributed by atoms with Crippen LogP contribution in [-0.2, 0) is 14.8 Å². The van der Waals surface area contributed by atoms with Crippen molar-refractivity contribution < 1.29 is 23.1 Å². The number of hydrogen-bond acceptors (Lipinski definition) is 9. The normalized spacial score (nSPS) is 16.8. The molecule has 0 aliphatic carbocycles. The van der Waals surface area contributed by atoms with Gasteiger partial charge in [0.15, 0.2) is 0 Å². The van der Waals surface area contributed by atoms with Crippen molar-refractivity contribution in [3.05, 3.63) is 65.8 Å². The minimum atomic E-state index is -4.00. The third kappa shape index (κ3) is 6.36. The van der Waals surface area contributed by atoms with Crippen LogP contribution in [0.15, 0.2) is 64.4 Å². The lowest BCUT2D eigenvalue weighted by molar-refractivity contribution is -0.138. The summed E-state index contributed by atoms with van der Waals surface area (Å²) in [5.41, 5.74) is 1.25. The Hall–Kier alpha value is -3.55. The van der Waals surface area contributed by atoms with Gasteiger partial charge in [0.1, 0.15) is 16.4 Å². The number of amides is 1. The maximum Gasteiger partial charge on any atom is 0.323 e. The monoisotopic (exact) mass is 530 g/mol. The summed E-state index contributed by atoms with van der Waals surface area (Å²) in [5.74, 6) is -1.35. The molecule has 1 aliphatic rings. The summed E-state index contributed by atoms with van der Waals surface area (Å²) < 4.78 is 26.8. The van der Waals surface area contributed by atoms with Crippen molar-refractivity contribution in [1.29, 1.82) is 0 Å². The number of carboxylic acids is 1. The lowest BCUT2D eigenvalue weighted by atomic mass is 10.1. The number of aromatic nitrogens is 2. The molecule has 1 aliphatic heterocycles. The van der Waals surface area contributed by atoms with Crippen molar-refractivity contribution in [2.24, 2.45) is 0 Å². The molecular weight excluding hydrogens is 504 g/mol. The number of carbonyl (C=O) groups excluding carboxylic acids is 1. The number of benzene rings is 1. The van der Waals surface area contributed by atoms with Gasteiger partial charge in [-0.3, -0.25) is 9.59 Å². The quantitative estimate of drug-likeness (QED) is 0.309. The smallest absolute Gasteiger partial charge is 0.323 e. The number of aliphatic carboxylic acids is 1. The zero-order valence-corrected chi connectivity index (χ0v) is 20.8. The molecule has 2 atom stereocenters. The number of sulfonamides is 1. The van der Waals surface area contributed by atoms with E-state index in [2.05, 4.69) is 30.2 Å². The third-order valence-electron chi connectivity index (χ3n) is 5.65. The molecule has 1 aromatic carbocycles. The van der Waals surface area contributed by atoms with E-state index in [1.54, 1.807) is 42.0 Å². The van der Waals surface area contributed by atoms with Crippen LogP contribution >= 0.6 is 11.3 Å². The Morgan fingerprint density at radius 1 is 1.11 bits per heavy atom. The van der Waals surface area contributed by atoms with Gasteiger partial charge in [0, 0.05) is 36.7 Å². The fraction of sp³-hybridized carbons (Fsp3) is 0.304. The molecule has 3 heterocycles. The average Bonchev–Trinajstić information content (AvgIpc) is 3.44. The van der Waals surface area contributed by atoms with E-state index >= 15 is 0 Å². The Morgan fingerprint density at radius 3 is 2.53 bits per heavy atom. The highest BCUT2D eigenvalue weighted by Crippen LogP contribution is 2.25. The molecule has 11 nitrogen and oxygen atoms in total. The van der Waals surface area contributed by atoms with E-state index in [-0.39, 0.29) is 10.4 Å². The molecular formula is C23H26N6O5S2. The standard InChI is InChI=1S/C23H26N6O5S2/c30-21(26-15-18(22(31)32)28-36(33,34)20-6-3-14-35-20)16-7-9-17(10-8-16)29-13-2-1-5-19(29)27-23-24-11-4-12-25-23/h3-4,6-12,14,18-19,28H,1-2,5,13,15H2,(H,26,30)(H,31,32)(H,24,25,27)/t18-,19?/m0/s1. The molecule has 3 aromatic rings. The van der Waals surface area contributed by atoms with Crippen LogP contribution in [0.25, 0.3) is 0 Å². The molecule has 1 amide bonds. The second-order valence-electron chi connectivity index (χ2n) is 8.12. The number of carboxylic acid groups (broad SMARTS) is 1. The number of thiophene rings is 1. The summed E-state index contributed by atoms with van der Waals surface area (Å²) in [6, 6.07) is 10.1. The lowest BCUT2D eigenvalue weighted by Gasteiger charge is -2.38. The van der Waals surface area contributed by atoms with E-state index in [1.807, 2.05) is 12.1 Å². The number of piperidine rings is 1. The fourth-order valence-corrected chi connectivity index (χ4v) is 6.05. The Morgan fingerprint density at radius 2 is 1.86 bits per heavy atom. The predicted molar refractivity (Wildman–Crippen MR) is 135 cm³/mol. The van der Waals surface area contributed by atoms with Crippen LogP contribution in [0, 0.1) is 0 Å². The van der Waals surface area contributed by atoms with Gasteiger partial charge in [-0.05, 0) is 61.0 Å². The first-order valence-electron chi connectivity index (χ1n) is 11.3. The number of anilines is 2. The van der Waals surface area contributed by atoms with Crippen LogP contribution in [0.2, 0.25) is 0 Å². The number of nitrogens with one attached hydrogen (secondary N) is 3. The molecule has 4 rings (SSSR count). The zero-order valence-electron chi connectivity index (χ0n) is 19.2. The fourth-order valence-electron chi connectivity index (χ4n) is 3.86. The molecule has 0 bridgehead atoms. The molecule has 1 saturated heterocycles. The number of hydrogen-bond donors (Lipinski definition) is 4. The summed E-state index contributed by atoms with van der Waals surface area (Å²) in [5, 5.41) is 16.9. The Bertz CT molecular complexity index is 1270. The van der Waals surface area contributed by atoms with E-state index < -0.39 is 34.5 Å². The van der Waals surface area contributed by atoms with Gasteiger partial charge in [0.2, 0.25) is 5.95 Å². The van der Waals surface area contributed by atoms with E-state index in [1.165, 1.54) is 6.07 Å². The van der Waals surface area contributed by atoms with Crippen LogP contribution in [-0.4, -0.2) is 60.7 Å². The van der Waals surface area contributed by atoms with Gasteiger partial charge in [0.05, 0.1) is 0 Å². The minimum Gasteiger partial charge on any atom is -0.480 e. The molecule has 1 unspecified atom stereocenters. The molecule has 0 radical (unpaired) electrons. The molecule has 0 spiro atoms. The summed E-state index contributed by atoms with van der Waals surface area (Å²) in [4.78, 5) is 34.9. The van der Waals surface area contributed by atoms with Crippen LogP contribution < -0.4 is 20.3 Å². The summed E-state index contributed by atoms with van der Waals surface area (Å²) >= 11 is 0.972. The van der Waals surface area contributed by atoms with Crippen molar-refractivity contribution in [1.82, 2.24) is 20.0 Å². The van der Waals surface area contributed by atoms with Gasteiger partial charge in [0.25, 0.3) is 15.9 Å². The van der Waals surface area contributed by atoms with E-state index in [0.29, 0.717) is 11.5 Å². The van der Waals surface area contributed by atoms with Crippen molar-refractivity contribution in [2.45, 2.75) is 35.7 Å². The van der Waals surface area contributed by atoms with Gasteiger partial charge in [-0.2, -0.15) is 4.72 Å². The first-order chi connectivity index (χ1) is 17.3. The molecule has 13 heteroatoms. The first kappa shape index (κ1) is 25.5. The summed E-state index contributed by atoms with van der Waals surface area (Å²) in [6.45, 7) is 0.427. The van der Waals surface area contributed by atoms with Crippen molar-refractivity contribution in [3.63, 3.8) is 0 Å². The number of rotatable bonds is 10. The highest BCUT2D eigenvalue weighted by Gasteiger charge is 2.27. The van der Waals surface area contributed by atoms with Gasteiger partial charge in [-0.25, -0.2) is 18.4 Å². The molecule has 0 saturated carbocycles. The predicted octanol–water partition coefficient (Wildman–Crippen LogP) is 2.13. The number of carbonyl (C=O) groups is 2. The van der Waals surface area contributed by atoms with Crippen LogP contribution in [0.1, 0.15) is 29.6 Å². The largest absolute Gasteiger partial charge is 0.480 e. The van der Waals surface area contributed by atoms with E-state index in [4.69, 9.17) is 0 Å². The lowest BCUT2D eigenvalue weighted by Crippen LogP contribution is -2.48. The second kappa shape index (κ2) is 11.5. The van der Waals surface area contributed by atoms with E-state index in [9.17, 15) is 23.1 Å². The van der Waals surface area contributed by atoms with Gasteiger partial charge < -0.3 is 20.6 Å². The van der Waals surface area contributed by atoms with E-state index in [0.717, 1.165) is 42.8 Å². The van der Waals surface area contributed by atoms with Crippen LogP contribution in [0.5, 0.6) is 0 Å². The highest BCUT2D eigenvalue weighted by atomic mass is 32.2. The molecule has 2 aromatic heterocycles. The summed E-state index contributed by atoms with van der Waals surface area (Å²) in [7, 11) is -4.00. The topological polar surface area (TPSA) is 154 Å². The molecule has 36 heavy (non-hydrogen) atoms. The highest BCUT2D eigenvalue weighted by molar-refractivity contribution is 7.91. The number of nitrogens with zero attached hydrogens (tertiary/aromatic N) is 3. The summed E-state index contributed by atoms with van der Waals surface area (Å²) in [6.07, 6.45) is 6.39. The van der Waals surface area contributed by atoms with Gasteiger partial charge >= 0.3 is 5.97 Å². The maximum absolute atomic E-state index is 12.6. The van der Waals surface area contributed by atoms with Gasteiger partial charge in [-0.1, -0.05) is 6.07 Å². The van der Waals surface area contributed by atoms with Crippen molar-refractivity contribution in [3.8, 4) is 0 Å². The Labute approximate surface area is 212 Å². The minimum absolute atomic E-state index is 0.00000110.